The first-order chi connectivity index (χ1) is 8.52. The van der Waals surface area contributed by atoms with Crippen LogP contribution in [-0.2, 0) is 4.79 Å². The van der Waals surface area contributed by atoms with Crippen LogP contribution >= 0.6 is 23.4 Å². The molecule has 100 valence electrons. The number of aliphatic hydroxyl groups excluding tert-OH is 2. The van der Waals surface area contributed by atoms with Gasteiger partial charge < -0.3 is 15.5 Å². The highest BCUT2D eigenvalue weighted by Crippen LogP contribution is 2.22. The predicted molar refractivity (Wildman–Crippen MR) is 75.2 cm³/mol. The standard InChI is InChI=1S/C12H16ClNO3S/c1-8-2-3-11(10(13)4-8)14-12(17)7-18-6-9(16)5-15/h2-4,9,15-16H,5-7H2,1H3,(H,14,17). The average Bonchev–Trinajstić information content (AvgIpc) is 2.32. The zero-order valence-electron chi connectivity index (χ0n) is 10.0. The van der Waals surface area contributed by atoms with E-state index in [1.807, 2.05) is 13.0 Å². The van der Waals surface area contributed by atoms with Gasteiger partial charge in [-0.3, -0.25) is 4.79 Å². The largest absolute Gasteiger partial charge is 0.394 e. The summed E-state index contributed by atoms with van der Waals surface area (Å²) in [7, 11) is 0. The Hall–Kier alpha value is -0.750. The number of hydrogen-bond donors (Lipinski definition) is 3. The number of amides is 1. The molecular formula is C12H16ClNO3S. The van der Waals surface area contributed by atoms with Crippen LogP contribution in [0, 0.1) is 6.92 Å². The van der Waals surface area contributed by atoms with Crippen molar-refractivity contribution in [2.75, 3.05) is 23.4 Å². The van der Waals surface area contributed by atoms with Crippen LogP contribution in [-0.4, -0.2) is 40.3 Å². The Bertz CT molecular complexity index is 414. The summed E-state index contributed by atoms with van der Waals surface area (Å²) in [6.07, 6.45) is -0.786. The number of carbonyl (C=O) groups excluding carboxylic acids is 1. The van der Waals surface area contributed by atoms with Crippen LogP contribution < -0.4 is 5.32 Å². The second kappa shape index (κ2) is 7.63. The molecule has 0 fully saturated rings. The molecule has 1 unspecified atom stereocenters. The summed E-state index contributed by atoms with van der Waals surface area (Å²) in [6, 6.07) is 5.40. The number of rotatable bonds is 6. The number of aryl methyl sites for hydroxylation is 1. The van der Waals surface area contributed by atoms with E-state index in [-0.39, 0.29) is 18.3 Å². The summed E-state index contributed by atoms with van der Waals surface area (Å²) in [5, 5.41) is 20.9. The van der Waals surface area contributed by atoms with Gasteiger partial charge in [-0.15, -0.1) is 11.8 Å². The molecule has 1 atom stereocenters. The molecule has 4 nitrogen and oxygen atoms in total. The lowest BCUT2D eigenvalue weighted by molar-refractivity contribution is -0.113. The van der Waals surface area contributed by atoms with Crippen LogP contribution in [0.5, 0.6) is 0 Å². The molecular weight excluding hydrogens is 274 g/mol. The molecule has 0 spiro atoms. The summed E-state index contributed by atoms with van der Waals surface area (Å²) in [5.74, 6) is 0.350. The Morgan fingerprint density at radius 2 is 2.28 bits per heavy atom. The van der Waals surface area contributed by atoms with Crippen molar-refractivity contribution in [1.29, 1.82) is 0 Å². The number of thioether (sulfide) groups is 1. The molecule has 6 heteroatoms. The fourth-order valence-electron chi connectivity index (χ4n) is 1.25. The third kappa shape index (κ3) is 5.27. The van der Waals surface area contributed by atoms with Gasteiger partial charge in [-0.1, -0.05) is 17.7 Å². The third-order valence-corrected chi connectivity index (χ3v) is 3.55. The van der Waals surface area contributed by atoms with Gasteiger partial charge in [0.2, 0.25) is 5.91 Å². The Labute approximate surface area is 115 Å². The van der Waals surface area contributed by atoms with Crippen molar-refractivity contribution in [1.82, 2.24) is 0 Å². The minimum Gasteiger partial charge on any atom is -0.394 e. The molecule has 18 heavy (non-hydrogen) atoms. The molecule has 0 saturated carbocycles. The highest BCUT2D eigenvalue weighted by molar-refractivity contribution is 8.00. The molecule has 1 rings (SSSR count). The number of anilines is 1. The minimum atomic E-state index is -0.786. The van der Waals surface area contributed by atoms with E-state index in [0.717, 1.165) is 5.56 Å². The average molecular weight is 290 g/mol. The highest BCUT2D eigenvalue weighted by Gasteiger charge is 2.08. The van der Waals surface area contributed by atoms with Crippen molar-refractivity contribution in [2.45, 2.75) is 13.0 Å². The molecule has 0 bridgehead atoms. The second-order valence-electron chi connectivity index (χ2n) is 3.88. The van der Waals surface area contributed by atoms with Gasteiger partial charge in [0.1, 0.15) is 0 Å². The van der Waals surface area contributed by atoms with E-state index in [9.17, 15) is 4.79 Å². The molecule has 3 N–H and O–H groups in total. The molecule has 0 aromatic heterocycles. The van der Waals surface area contributed by atoms with E-state index in [1.165, 1.54) is 11.8 Å². The van der Waals surface area contributed by atoms with E-state index in [0.29, 0.717) is 16.5 Å². The van der Waals surface area contributed by atoms with Crippen molar-refractivity contribution in [3.63, 3.8) is 0 Å². The molecule has 0 aliphatic carbocycles. The molecule has 0 radical (unpaired) electrons. The molecule has 1 aromatic carbocycles. The number of benzene rings is 1. The first kappa shape index (κ1) is 15.3. The highest BCUT2D eigenvalue weighted by atomic mass is 35.5. The van der Waals surface area contributed by atoms with Gasteiger partial charge in [-0.05, 0) is 24.6 Å². The maximum Gasteiger partial charge on any atom is 0.234 e. The lowest BCUT2D eigenvalue weighted by Gasteiger charge is -2.09. The number of hydrogen-bond acceptors (Lipinski definition) is 4. The van der Waals surface area contributed by atoms with E-state index >= 15 is 0 Å². The monoisotopic (exact) mass is 289 g/mol. The Morgan fingerprint density at radius 1 is 1.56 bits per heavy atom. The summed E-state index contributed by atoms with van der Waals surface area (Å²) >= 11 is 7.24. The van der Waals surface area contributed by atoms with Crippen LogP contribution in [0.4, 0.5) is 5.69 Å². The molecule has 1 amide bonds. The number of halogens is 1. The Balaban J connectivity index is 2.40. The van der Waals surface area contributed by atoms with Crippen molar-refractivity contribution >= 4 is 35.0 Å². The zero-order valence-corrected chi connectivity index (χ0v) is 11.6. The van der Waals surface area contributed by atoms with Crippen LogP contribution in [0.1, 0.15) is 5.56 Å². The summed E-state index contributed by atoms with van der Waals surface area (Å²) < 4.78 is 0. The molecule has 0 heterocycles. The number of carbonyl (C=O) groups is 1. The minimum absolute atomic E-state index is 0.184. The van der Waals surface area contributed by atoms with Gasteiger partial charge in [-0.2, -0.15) is 0 Å². The van der Waals surface area contributed by atoms with Crippen LogP contribution in [0.3, 0.4) is 0 Å². The fraction of sp³-hybridized carbons (Fsp3) is 0.417. The number of aliphatic hydroxyl groups is 2. The lowest BCUT2D eigenvalue weighted by Crippen LogP contribution is -2.19. The zero-order chi connectivity index (χ0) is 13.5. The smallest absolute Gasteiger partial charge is 0.234 e. The topological polar surface area (TPSA) is 69.6 Å². The lowest BCUT2D eigenvalue weighted by atomic mass is 10.2. The van der Waals surface area contributed by atoms with Crippen LogP contribution in [0.2, 0.25) is 5.02 Å². The van der Waals surface area contributed by atoms with Gasteiger partial charge >= 0.3 is 0 Å². The van der Waals surface area contributed by atoms with Crippen molar-refractivity contribution in [3.8, 4) is 0 Å². The maximum atomic E-state index is 11.6. The van der Waals surface area contributed by atoms with E-state index in [1.54, 1.807) is 12.1 Å². The third-order valence-electron chi connectivity index (χ3n) is 2.15. The van der Waals surface area contributed by atoms with Gasteiger partial charge in [0, 0.05) is 5.75 Å². The Morgan fingerprint density at radius 3 is 2.89 bits per heavy atom. The van der Waals surface area contributed by atoms with Crippen molar-refractivity contribution in [3.05, 3.63) is 28.8 Å². The second-order valence-corrected chi connectivity index (χ2v) is 5.32. The summed E-state index contributed by atoms with van der Waals surface area (Å²) in [4.78, 5) is 11.6. The van der Waals surface area contributed by atoms with E-state index in [4.69, 9.17) is 21.8 Å². The predicted octanol–water partition coefficient (Wildman–Crippen LogP) is 1.67. The first-order valence-electron chi connectivity index (χ1n) is 5.45. The molecule has 0 aliphatic rings. The van der Waals surface area contributed by atoms with E-state index in [2.05, 4.69) is 5.32 Å². The van der Waals surface area contributed by atoms with Crippen LogP contribution in [0.15, 0.2) is 18.2 Å². The van der Waals surface area contributed by atoms with Crippen LogP contribution in [0.25, 0.3) is 0 Å². The summed E-state index contributed by atoms with van der Waals surface area (Å²) in [6.45, 7) is 1.63. The maximum absolute atomic E-state index is 11.6. The van der Waals surface area contributed by atoms with Gasteiger partial charge in [0.05, 0.1) is 29.2 Å². The molecule has 0 saturated heterocycles. The van der Waals surface area contributed by atoms with Crippen molar-refractivity contribution in [2.24, 2.45) is 0 Å². The normalized spacial score (nSPS) is 12.2. The summed E-state index contributed by atoms with van der Waals surface area (Å²) in [5.41, 5.74) is 1.61. The van der Waals surface area contributed by atoms with E-state index < -0.39 is 6.10 Å². The SMILES string of the molecule is Cc1ccc(NC(=O)CSCC(O)CO)c(Cl)c1. The van der Waals surface area contributed by atoms with Gasteiger partial charge in [0.25, 0.3) is 0 Å². The molecule has 1 aromatic rings. The Kier molecular flexibility index (Phi) is 6.49. The quantitative estimate of drug-likeness (QED) is 0.745. The van der Waals surface area contributed by atoms with Gasteiger partial charge in [-0.25, -0.2) is 0 Å². The molecule has 0 aliphatic heterocycles. The fourth-order valence-corrected chi connectivity index (χ4v) is 2.28. The first-order valence-corrected chi connectivity index (χ1v) is 6.99. The van der Waals surface area contributed by atoms with Crippen molar-refractivity contribution < 1.29 is 15.0 Å². The van der Waals surface area contributed by atoms with Gasteiger partial charge in [0.15, 0.2) is 0 Å². The number of nitrogens with one attached hydrogen (secondary N) is 1.